The van der Waals surface area contributed by atoms with E-state index in [2.05, 4.69) is 15.2 Å². The molecule has 0 fully saturated rings. The van der Waals surface area contributed by atoms with Crippen molar-refractivity contribution in [1.82, 2.24) is 15.2 Å². The minimum Gasteiger partial charge on any atom is -0.857 e. The number of H-pyrrole nitrogens is 1. The molecule has 0 saturated heterocycles. The third-order valence-electron chi connectivity index (χ3n) is 2.94. The summed E-state index contributed by atoms with van der Waals surface area (Å²) >= 11 is 6.01. The molecule has 2 aromatic heterocycles. The van der Waals surface area contributed by atoms with Crippen LogP contribution in [0, 0.1) is 0 Å². The standard InChI is InChI=1S/C13H9ClN4O2.Na/c14-11-8-7(12(19)17-18-13(8)20)9(15)10(16-11)6-4-2-1-3-5-6;/h1-5H,15H2,(H,17,19)(H,18,20);/q;+1/p-1. The average molecular weight is 311 g/mol. The van der Waals surface area contributed by atoms with E-state index in [4.69, 9.17) is 17.3 Å². The van der Waals surface area contributed by atoms with Crippen LogP contribution < -0.4 is 46.0 Å². The summed E-state index contributed by atoms with van der Waals surface area (Å²) < 4.78 is 0. The number of benzene rings is 1. The van der Waals surface area contributed by atoms with E-state index in [0.717, 1.165) is 0 Å². The summed E-state index contributed by atoms with van der Waals surface area (Å²) in [4.78, 5) is 15.8. The Morgan fingerprint density at radius 2 is 1.86 bits per heavy atom. The fraction of sp³-hybridized carbons (Fsp3) is 0. The third-order valence-corrected chi connectivity index (χ3v) is 3.21. The number of nitrogen functional groups attached to an aromatic ring is 1. The van der Waals surface area contributed by atoms with Gasteiger partial charge in [0.1, 0.15) is 5.15 Å². The number of nitrogens with zero attached hydrogens (tertiary/aromatic N) is 2. The van der Waals surface area contributed by atoms with Crippen molar-refractivity contribution in [3.05, 3.63) is 45.8 Å². The van der Waals surface area contributed by atoms with Crippen molar-refractivity contribution in [1.29, 1.82) is 0 Å². The molecule has 2 heterocycles. The average Bonchev–Trinajstić information content (AvgIpc) is 2.46. The van der Waals surface area contributed by atoms with E-state index < -0.39 is 11.4 Å². The molecule has 0 unspecified atom stereocenters. The maximum atomic E-state index is 11.8. The number of hydrogen-bond donors (Lipinski definition) is 2. The Morgan fingerprint density at radius 1 is 1.19 bits per heavy atom. The van der Waals surface area contributed by atoms with E-state index in [-0.39, 0.29) is 51.2 Å². The molecular weight excluding hydrogens is 303 g/mol. The molecule has 100 valence electrons. The van der Waals surface area contributed by atoms with Crippen LogP contribution >= 0.6 is 11.6 Å². The van der Waals surface area contributed by atoms with Crippen molar-refractivity contribution in [2.24, 2.45) is 0 Å². The van der Waals surface area contributed by atoms with Gasteiger partial charge in [-0.05, 0) is 0 Å². The molecule has 0 bridgehead atoms. The Balaban J connectivity index is 0.00000161. The number of aromatic amines is 1. The summed E-state index contributed by atoms with van der Waals surface area (Å²) in [6, 6.07) is 9.02. The van der Waals surface area contributed by atoms with Crippen molar-refractivity contribution in [3.63, 3.8) is 0 Å². The van der Waals surface area contributed by atoms with Crippen molar-refractivity contribution in [2.75, 3.05) is 5.73 Å². The Labute approximate surface area is 146 Å². The van der Waals surface area contributed by atoms with E-state index in [1.807, 2.05) is 18.2 Å². The summed E-state index contributed by atoms with van der Waals surface area (Å²) in [5, 5.41) is 17.2. The van der Waals surface area contributed by atoms with Crippen LogP contribution in [0.3, 0.4) is 0 Å². The van der Waals surface area contributed by atoms with E-state index in [9.17, 15) is 9.90 Å². The zero-order valence-corrected chi connectivity index (χ0v) is 13.8. The van der Waals surface area contributed by atoms with Gasteiger partial charge >= 0.3 is 29.6 Å². The normalized spacial score (nSPS) is 10.3. The van der Waals surface area contributed by atoms with E-state index in [1.165, 1.54) is 0 Å². The summed E-state index contributed by atoms with van der Waals surface area (Å²) in [6.07, 6.45) is 0. The smallest absolute Gasteiger partial charge is 0.857 e. The van der Waals surface area contributed by atoms with Gasteiger partial charge in [0.15, 0.2) is 0 Å². The third kappa shape index (κ3) is 2.63. The molecule has 0 saturated carbocycles. The molecule has 3 N–H and O–H groups in total. The predicted octanol–water partition coefficient (Wildman–Crippen LogP) is -1.70. The van der Waals surface area contributed by atoms with Gasteiger partial charge in [0.2, 0.25) is 0 Å². The summed E-state index contributed by atoms with van der Waals surface area (Å²) in [7, 11) is 0. The number of rotatable bonds is 1. The second-order valence-electron chi connectivity index (χ2n) is 4.14. The van der Waals surface area contributed by atoms with Gasteiger partial charge in [0.05, 0.1) is 16.8 Å². The minimum atomic E-state index is -0.640. The number of aromatic nitrogens is 3. The van der Waals surface area contributed by atoms with Crippen LogP contribution in [0.5, 0.6) is 5.88 Å². The van der Waals surface area contributed by atoms with Gasteiger partial charge in [0, 0.05) is 16.8 Å². The Hall–Kier alpha value is -1.60. The number of halogens is 1. The number of fused-ring (bicyclic) bond motifs is 1. The topological polar surface area (TPSA) is 108 Å². The molecule has 0 amide bonds. The second kappa shape index (κ2) is 6.03. The molecule has 8 heteroatoms. The number of nitrogens with one attached hydrogen (secondary N) is 1. The first-order valence-corrected chi connectivity index (χ1v) is 6.07. The molecule has 0 atom stereocenters. The van der Waals surface area contributed by atoms with Gasteiger partial charge in [-0.25, -0.2) is 10.1 Å². The van der Waals surface area contributed by atoms with E-state index in [0.29, 0.717) is 11.3 Å². The van der Waals surface area contributed by atoms with Gasteiger partial charge in [0.25, 0.3) is 5.56 Å². The summed E-state index contributed by atoms with van der Waals surface area (Å²) in [6.45, 7) is 0. The SMILES string of the molecule is Nc1c(-c2ccccc2)nc(Cl)c2c(=O)[nH]nc([O-])c12.[Na+]. The fourth-order valence-corrected chi connectivity index (χ4v) is 2.29. The largest absolute Gasteiger partial charge is 1.00 e. The predicted molar refractivity (Wildman–Crippen MR) is 74.5 cm³/mol. The zero-order valence-electron chi connectivity index (χ0n) is 11.1. The van der Waals surface area contributed by atoms with Crippen LogP contribution in [-0.2, 0) is 0 Å². The van der Waals surface area contributed by atoms with Crippen molar-refractivity contribution in [2.45, 2.75) is 0 Å². The van der Waals surface area contributed by atoms with Gasteiger partial charge < -0.3 is 10.8 Å². The van der Waals surface area contributed by atoms with Crippen molar-refractivity contribution in [3.8, 4) is 17.1 Å². The number of hydrogen-bond acceptors (Lipinski definition) is 5. The molecule has 0 aliphatic heterocycles. The van der Waals surface area contributed by atoms with Crippen LogP contribution in [0.4, 0.5) is 5.69 Å². The van der Waals surface area contributed by atoms with Crippen molar-refractivity contribution < 1.29 is 34.7 Å². The van der Waals surface area contributed by atoms with Crippen LogP contribution in [0.1, 0.15) is 0 Å². The first kappa shape index (κ1) is 15.8. The first-order valence-electron chi connectivity index (χ1n) is 5.69. The second-order valence-corrected chi connectivity index (χ2v) is 4.50. The molecule has 0 aliphatic rings. The molecule has 3 rings (SSSR count). The van der Waals surface area contributed by atoms with Gasteiger partial charge in [-0.1, -0.05) is 41.9 Å². The molecule has 0 spiro atoms. The maximum absolute atomic E-state index is 11.8. The summed E-state index contributed by atoms with van der Waals surface area (Å²) in [5.41, 5.74) is 6.53. The molecule has 0 radical (unpaired) electrons. The molecule has 0 aliphatic carbocycles. The van der Waals surface area contributed by atoms with Gasteiger partial charge in [-0.3, -0.25) is 4.79 Å². The van der Waals surface area contributed by atoms with Gasteiger partial charge in [-0.15, -0.1) is 0 Å². The van der Waals surface area contributed by atoms with E-state index in [1.54, 1.807) is 12.1 Å². The summed E-state index contributed by atoms with van der Waals surface area (Å²) in [5.74, 6) is -0.640. The number of anilines is 1. The monoisotopic (exact) mass is 310 g/mol. The van der Waals surface area contributed by atoms with Crippen LogP contribution in [0.2, 0.25) is 5.15 Å². The number of pyridine rings is 1. The Kier molecular flexibility index (Phi) is 4.53. The molecule has 6 nitrogen and oxygen atoms in total. The molecular formula is C13H8ClN4NaO2. The van der Waals surface area contributed by atoms with Crippen molar-refractivity contribution >= 4 is 28.1 Å². The number of nitrogens with two attached hydrogens (primary N) is 1. The molecule has 3 aromatic rings. The minimum absolute atomic E-state index is 0. The quantitative estimate of drug-likeness (QED) is 0.411. The van der Waals surface area contributed by atoms with Crippen LogP contribution in [0.15, 0.2) is 35.1 Å². The van der Waals surface area contributed by atoms with Gasteiger partial charge in [-0.2, -0.15) is 5.10 Å². The molecule has 21 heavy (non-hydrogen) atoms. The van der Waals surface area contributed by atoms with Crippen LogP contribution in [0.25, 0.3) is 22.0 Å². The Morgan fingerprint density at radius 3 is 2.52 bits per heavy atom. The Bertz CT molecular complexity index is 867. The van der Waals surface area contributed by atoms with Crippen LogP contribution in [-0.4, -0.2) is 15.2 Å². The maximum Gasteiger partial charge on any atom is 1.00 e. The first-order chi connectivity index (χ1) is 9.59. The zero-order chi connectivity index (χ0) is 14.3. The molecule has 1 aromatic carbocycles. The van der Waals surface area contributed by atoms with E-state index >= 15 is 0 Å². The fourth-order valence-electron chi connectivity index (χ4n) is 2.03.